The summed E-state index contributed by atoms with van der Waals surface area (Å²) in [6.07, 6.45) is 35.6. The summed E-state index contributed by atoms with van der Waals surface area (Å²) in [6, 6.07) is 0. The van der Waals surface area contributed by atoms with Crippen molar-refractivity contribution in [2.45, 2.75) is 211 Å². The van der Waals surface area contributed by atoms with Crippen molar-refractivity contribution >= 4 is 11.9 Å². The van der Waals surface area contributed by atoms with Crippen LogP contribution in [0.25, 0.3) is 0 Å². The Balaban J connectivity index is 2.34. The molecule has 0 aromatic carbocycles. The van der Waals surface area contributed by atoms with E-state index >= 15 is 0 Å². The predicted octanol–water partition coefficient (Wildman–Crippen LogP) is 9.28. The molecule has 0 aliphatic carbocycles. The number of ether oxygens (including phenoxy) is 4. The summed E-state index contributed by atoms with van der Waals surface area (Å²) in [7, 11) is 0. The largest absolute Gasteiger partial charge is 0.462 e. The van der Waals surface area contributed by atoms with Crippen LogP contribution >= 0.6 is 0 Å². The van der Waals surface area contributed by atoms with Crippen molar-refractivity contribution in [3.05, 3.63) is 48.6 Å². The Bertz CT molecular complexity index is 1050. The van der Waals surface area contributed by atoms with Crippen LogP contribution in [-0.2, 0) is 28.5 Å². The number of allylic oxidation sites excluding steroid dienone is 8. The minimum atomic E-state index is -1.60. The third-order valence-corrected chi connectivity index (χ3v) is 9.97. The molecule has 0 aromatic heterocycles. The van der Waals surface area contributed by atoms with Gasteiger partial charge < -0.3 is 39.4 Å². The topological polar surface area (TPSA) is 152 Å². The Morgan fingerprint density at radius 1 is 0.554 bits per heavy atom. The summed E-state index contributed by atoms with van der Waals surface area (Å²) in [5.74, 6) is -0.874. The summed E-state index contributed by atoms with van der Waals surface area (Å²) in [5.41, 5.74) is 0. The molecule has 1 fully saturated rings. The van der Waals surface area contributed by atoms with E-state index in [0.29, 0.717) is 12.8 Å². The molecular weight excluding hydrogens is 712 g/mol. The number of hydrogen-bond donors (Lipinski definition) is 4. The Kier molecular flexibility index (Phi) is 34.1. The van der Waals surface area contributed by atoms with Crippen molar-refractivity contribution in [1.29, 1.82) is 0 Å². The molecule has 0 radical (unpaired) electrons. The third kappa shape index (κ3) is 28.1. The summed E-state index contributed by atoms with van der Waals surface area (Å²) < 4.78 is 22.0. The lowest BCUT2D eigenvalue weighted by molar-refractivity contribution is -0.305. The van der Waals surface area contributed by atoms with Crippen molar-refractivity contribution in [3.8, 4) is 0 Å². The molecule has 1 rings (SSSR count). The fraction of sp³-hybridized carbons (Fsp3) is 0.783. The number of hydrogen-bond acceptors (Lipinski definition) is 10. The number of aliphatic hydroxyl groups excluding tert-OH is 4. The molecule has 0 saturated carbocycles. The van der Waals surface area contributed by atoms with E-state index in [1.165, 1.54) is 89.9 Å². The van der Waals surface area contributed by atoms with Gasteiger partial charge in [-0.1, -0.05) is 159 Å². The van der Waals surface area contributed by atoms with Crippen LogP contribution in [0.3, 0.4) is 0 Å². The van der Waals surface area contributed by atoms with Crippen LogP contribution in [0.4, 0.5) is 0 Å². The SMILES string of the molecule is CCCCCCCCC/C=C/C/C=C/C/C=C/C/C=C/CCCC(=O)OC[C@@H](CO[C@H]1O[C@@H](CO)[C@@H](O)C(O)C1O)OC(=O)CCCCCCCCCCCC. The quantitative estimate of drug-likeness (QED) is 0.0275. The monoisotopic (exact) mass is 793 g/mol. The molecule has 6 atom stereocenters. The molecule has 0 bridgehead atoms. The molecule has 1 aliphatic heterocycles. The van der Waals surface area contributed by atoms with Gasteiger partial charge >= 0.3 is 11.9 Å². The van der Waals surface area contributed by atoms with Gasteiger partial charge in [-0.2, -0.15) is 0 Å². The molecule has 4 N–H and O–H groups in total. The average molecular weight is 793 g/mol. The predicted molar refractivity (Wildman–Crippen MR) is 224 cm³/mol. The highest BCUT2D eigenvalue weighted by Crippen LogP contribution is 2.22. The zero-order valence-electron chi connectivity index (χ0n) is 35.1. The van der Waals surface area contributed by atoms with Crippen LogP contribution in [0.15, 0.2) is 48.6 Å². The molecule has 10 nitrogen and oxygen atoms in total. The molecule has 0 spiro atoms. The van der Waals surface area contributed by atoms with Crippen LogP contribution < -0.4 is 0 Å². The fourth-order valence-electron chi connectivity index (χ4n) is 6.42. The molecule has 56 heavy (non-hydrogen) atoms. The molecule has 1 heterocycles. The van der Waals surface area contributed by atoms with Gasteiger partial charge in [0, 0.05) is 12.8 Å². The van der Waals surface area contributed by atoms with Gasteiger partial charge in [0.05, 0.1) is 13.2 Å². The van der Waals surface area contributed by atoms with Crippen molar-refractivity contribution in [2.24, 2.45) is 0 Å². The van der Waals surface area contributed by atoms with Crippen molar-refractivity contribution in [1.82, 2.24) is 0 Å². The maximum absolute atomic E-state index is 12.7. The number of aliphatic hydroxyl groups is 4. The lowest BCUT2D eigenvalue weighted by Crippen LogP contribution is -2.59. The van der Waals surface area contributed by atoms with Gasteiger partial charge in [0.1, 0.15) is 31.0 Å². The van der Waals surface area contributed by atoms with E-state index in [0.717, 1.165) is 44.9 Å². The van der Waals surface area contributed by atoms with E-state index in [4.69, 9.17) is 18.9 Å². The zero-order chi connectivity index (χ0) is 40.9. The van der Waals surface area contributed by atoms with Crippen LogP contribution in [0.5, 0.6) is 0 Å². The smallest absolute Gasteiger partial charge is 0.306 e. The Hall–Kier alpha value is -2.34. The summed E-state index contributed by atoms with van der Waals surface area (Å²) in [5, 5.41) is 40.0. The number of rotatable bonds is 36. The minimum Gasteiger partial charge on any atom is -0.462 e. The summed E-state index contributed by atoms with van der Waals surface area (Å²) in [6.45, 7) is 3.34. The van der Waals surface area contributed by atoms with Crippen molar-refractivity contribution in [2.75, 3.05) is 19.8 Å². The van der Waals surface area contributed by atoms with Crippen molar-refractivity contribution < 1.29 is 49.0 Å². The van der Waals surface area contributed by atoms with Gasteiger partial charge in [0.15, 0.2) is 12.4 Å². The second-order valence-electron chi connectivity index (χ2n) is 15.2. The molecule has 1 saturated heterocycles. The van der Waals surface area contributed by atoms with Gasteiger partial charge in [0.2, 0.25) is 0 Å². The lowest BCUT2D eigenvalue weighted by atomic mass is 9.99. The van der Waals surface area contributed by atoms with Crippen LogP contribution in [0, 0.1) is 0 Å². The highest BCUT2D eigenvalue weighted by Gasteiger charge is 2.44. The van der Waals surface area contributed by atoms with Crippen LogP contribution in [-0.4, -0.2) is 89.0 Å². The molecule has 1 aliphatic rings. The highest BCUT2D eigenvalue weighted by atomic mass is 16.7. The molecule has 2 unspecified atom stereocenters. The Morgan fingerprint density at radius 3 is 1.55 bits per heavy atom. The number of carbonyl (C=O) groups excluding carboxylic acids is 2. The highest BCUT2D eigenvalue weighted by molar-refractivity contribution is 5.70. The Labute approximate surface area is 339 Å². The first-order valence-corrected chi connectivity index (χ1v) is 22.2. The van der Waals surface area contributed by atoms with E-state index in [1.54, 1.807) is 0 Å². The molecule has 0 amide bonds. The van der Waals surface area contributed by atoms with Gasteiger partial charge in [-0.05, 0) is 51.4 Å². The van der Waals surface area contributed by atoms with Gasteiger partial charge in [0.25, 0.3) is 0 Å². The number of unbranched alkanes of at least 4 members (excludes halogenated alkanes) is 17. The Morgan fingerprint density at radius 2 is 1.02 bits per heavy atom. The molecule has 0 aromatic rings. The standard InChI is InChI=1S/C46H80O10/c1-3-5-7-9-11-13-15-16-17-18-19-20-21-22-23-24-25-27-28-30-32-34-41(48)53-37-39(38-54-46-45(52)44(51)43(50)40(36-47)56-46)55-42(49)35-33-31-29-26-14-12-10-8-6-4-2/h17-18,20-21,23-24,27-28,39-40,43-47,50-52H,3-16,19,22,25-26,29-38H2,1-2H3/b18-17+,21-20+,24-23+,28-27+/t39-,40-,43+,44?,45?,46-/m0/s1. The summed E-state index contributed by atoms with van der Waals surface area (Å²) in [4.78, 5) is 25.2. The molecular formula is C46H80O10. The number of esters is 2. The van der Waals surface area contributed by atoms with E-state index in [2.05, 4.69) is 62.5 Å². The lowest BCUT2D eigenvalue weighted by Gasteiger charge is -2.39. The van der Waals surface area contributed by atoms with E-state index in [9.17, 15) is 30.0 Å². The second kappa shape index (κ2) is 37.0. The fourth-order valence-corrected chi connectivity index (χ4v) is 6.42. The normalized spacial score (nSPS) is 20.9. The second-order valence-corrected chi connectivity index (χ2v) is 15.2. The van der Waals surface area contributed by atoms with E-state index in [-0.39, 0.29) is 26.1 Å². The van der Waals surface area contributed by atoms with E-state index in [1.807, 2.05) is 0 Å². The first kappa shape index (κ1) is 51.7. The zero-order valence-corrected chi connectivity index (χ0v) is 35.1. The van der Waals surface area contributed by atoms with Gasteiger partial charge in [-0.15, -0.1) is 0 Å². The first-order valence-electron chi connectivity index (χ1n) is 22.2. The number of carbonyl (C=O) groups is 2. The van der Waals surface area contributed by atoms with Crippen LogP contribution in [0.1, 0.15) is 174 Å². The van der Waals surface area contributed by atoms with Gasteiger partial charge in [-0.3, -0.25) is 9.59 Å². The third-order valence-electron chi connectivity index (χ3n) is 9.97. The average Bonchev–Trinajstić information content (AvgIpc) is 3.19. The van der Waals surface area contributed by atoms with E-state index < -0.39 is 55.4 Å². The molecule has 324 valence electrons. The first-order chi connectivity index (χ1) is 27.3. The maximum Gasteiger partial charge on any atom is 0.306 e. The maximum atomic E-state index is 12.7. The van der Waals surface area contributed by atoms with Gasteiger partial charge in [-0.25, -0.2) is 0 Å². The van der Waals surface area contributed by atoms with Crippen LogP contribution in [0.2, 0.25) is 0 Å². The molecule has 10 heteroatoms. The summed E-state index contributed by atoms with van der Waals surface area (Å²) >= 11 is 0. The van der Waals surface area contributed by atoms with Crippen molar-refractivity contribution in [3.63, 3.8) is 0 Å². The minimum absolute atomic E-state index is 0.200.